The highest BCUT2D eigenvalue weighted by Crippen LogP contribution is 2.24. The van der Waals surface area contributed by atoms with Crippen LogP contribution in [0.4, 0.5) is 11.5 Å². The van der Waals surface area contributed by atoms with Gasteiger partial charge in [-0.2, -0.15) is 5.10 Å². The summed E-state index contributed by atoms with van der Waals surface area (Å²) in [4.78, 5) is 0. The molecule has 0 saturated carbocycles. The molecule has 0 aliphatic rings. The van der Waals surface area contributed by atoms with Crippen molar-refractivity contribution in [3.8, 4) is 0 Å². The Kier molecular flexibility index (Phi) is 3.08. The van der Waals surface area contributed by atoms with E-state index in [-0.39, 0.29) is 0 Å². The molecule has 4 nitrogen and oxygen atoms in total. The molecule has 19 heavy (non-hydrogen) atoms. The summed E-state index contributed by atoms with van der Waals surface area (Å²) in [5.41, 5.74) is 7.76. The van der Waals surface area contributed by atoms with Gasteiger partial charge in [-0.15, -0.1) is 5.10 Å². The normalized spacial score (nSPS) is 10.6. The minimum atomic E-state index is 0.487. The van der Waals surface area contributed by atoms with Gasteiger partial charge in [-0.3, -0.25) is 0 Å². The number of benzene rings is 2. The van der Waals surface area contributed by atoms with E-state index in [0.29, 0.717) is 6.54 Å². The second-order valence-corrected chi connectivity index (χ2v) is 4.27. The maximum Gasteiger partial charge on any atom is 0.160 e. The molecule has 0 saturated heterocycles. The molecule has 0 radical (unpaired) electrons. The van der Waals surface area contributed by atoms with E-state index < -0.39 is 0 Å². The Labute approximate surface area is 111 Å². The third kappa shape index (κ3) is 2.26. The second-order valence-electron chi connectivity index (χ2n) is 4.27. The first-order chi connectivity index (χ1) is 9.38. The topological polar surface area (TPSA) is 63.8 Å². The van der Waals surface area contributed by atoms with Crippen LogP contribution in [-0.2, 0) is 6.54 Å². The maximum atomic E-state index is 5.74. The monoisotopic (exact) mass is 250 g/mol. The average molecular weight is 250 g/mol. The first kappa shape index (κ1) is 11.6. The van der Waals surface area contributed by atoms with Crippen LogP contribution >= 0.6 is 0 Å². The zero-order valence-corrected chi connectivity index (χ0v) is 10.4. The lowest BCUT2D eigenvalue weighted by Crippen LogP contribution is -2.03. The van der Waals surface area contributed by atoms with Crippen molar-refractivity contribution < 1.29 is 0 Å². The molecule has 3 N–H and O–H groups in total. The summed E-state index contributed by atoms with van der Waals surface area (Å²) >= 11 is 0. The Morgan fingerprint density at radius 1 is 1.00 bits per heavy atom. The number of anilines is 2. The molecule has 0 aliphatic heterocycles. The average Bonchev–Trinajstić information content (AvgIpc) is 2.48. The summed E-state index contributed by atoms with van der Waals surface area (Å²) in [5, 5.41) is 13.6. The van der Waals surface area contributed by atoms with Gasteiger partial charge in [-0.05, 0) is 11.6 Å². The molecular formula is C15H14N4. The number of fused-ring (bicyclic) bond motifs is 1. The molecule has 3 aromatic rings. The summed E-state index contributed by atoms with van der Waals surface area (Å²) < 4.78 is 0. The van der Waals surface area contributed by atoms with Gasteiger partial charge in [-0.25, -0.2) is 0 Å². The summed E-state index contributed by atoms with van der Waals surface area (Å²) in [6.07, 6.45) is 1.76. The van der Waals surface area contributed by atoms with E-state index in [0.717, 1.165) is 27.8 Å². The molecule has 0 fully saturated rings. The van der Waals surface area contributed by atoms with Crippen molar-refractivity contribution in [2.24, 2.45) is 5.73 Å². The first-order valence-corrected chi connectivity index (χ1v) is 6.14. The molecule has 0 amide bonds. The minimum Gasteiger partial charge on any atom is -0.338 e. The molecule has 4 heteroatoms. The second kappa shape index (κ2) is 5.04. The van der Waals surface area contributed by atoms with E-state index in [2.05, 4.69) is 15.5 Å². The molecule has 2 aromatic carbocycles. The lowest BCUT2D eigenvalue weighted by molar-refractivity contribution is 1.04. The number of nitrogens with zero attached hydrogens (tertiary/aromatic N) is 2. The summed E-state index contributed by atoms with van der Waals surface area (Å²) in [5.74, 6) is 0.749. The molecule has 0 bridgehead atoms. The van der Waals surface area contributed by atoms with E-state index >= 15 is 0 Å². The Balaban J connectivity index is 2.06. The number of hydrogen-bond acceptors (Lipinski definition) is 4. The van der Waals surface area contributed by atoms with Crippen LogP contribution in [0.1, 0.15) is 5.56 Å². The standard InChI is InChI=1S/C15H14N4/c16-9-11-5-2-4-8-14(11)18-15-13-7-3-1-6-12(13)10-17-19-15/h1-8,10H,9,16H2,(H,18,19). The van der Waals surface area contributed by atoms with Gasteiger partial charge in [0.25, 0.3) is 0 Å². The highest BCUT2D eigenvalue weighted by molar-refractivity contribution is 5.92. The maximum absolute atomic E-state index is 5.74. The molecule has 94 valence electrons. The molecule has 0 atom stereocenters. The quantitative estimate of drug-likeness (QED) is 0.750. The van der Waals surface area contributed by atoms with Crippen LogP contribution in [0.3, 0.4) is 0 Å². The third-order valence-electron chi connectivity index (χ3n) is 3.06. The van der Waals surface area contributed by atoms with Crippen molar-refractivity contribution in [1.29, 1.82) is 0 Å². The predicted molar refractivity (Wildman–Crippen MR) is 77.2 cm³/mol. The van der Waals surface area contributed by atoms with Crippen LogP contribution in [0.25, 0.3) is 10.8 Å². The van der Waals surface area contributed by atoms with E-state index in [9.17, 15) is 0 Å². The highest BCUT2D eigenvalue weighted by atomic mass is 15.2. The summed E-state index contributed by atoms with van der Waals surface area (Å²) in [6, 6.07) is 16.0. The Hall–Kier alpha value is -2.46. The zero-order chi connectivity index (χ0) is 13.1. The fourth-order valence-corrected chi connectivity index (χ4v) is 2.07. The van der Waals surface area contributed by atoms with Gasteiger partial charge in [0.2, 0.25) is 0 Å². The lowest BCUT2D eigenvalue weighted by atomic mass is 10.1. The minimum absolute atomic E-state index is 0.487. The number of aromatic nitrogens is 2. The van der Waals surface area contributed by atoms with Crippen molar-refractivity contribution in [1.82, 2.24) is 10.2 Å². The van der Waals surface area contributed by atoms with Gasteiger partial charge in [0.05, 0.1) is 6.20 Å². The molecule has 0 unspecified atom stereocenters. The van der Waals surface area contributed by atoms with Crippen LogP contribution in [0.2, 0.25) is 0 Å². The van der Waals surface area contributed by atoms with Crippen molar-refractivity contribution >= 4 is 22.3 Å². The van der Waals surface area contributed by atoms with Crippen LogP contribution in [0.15, 0.2) is 54.7 Å². The highest BCUT2D eigenvalue weighted by Gasteiger charge is 2.05. The number of nitrogens with two attached hydrogens (primary N) is 1. The van der Waals surface area contributed by atoms with E-state index in [4.69, 9.17) is 5.73 Å². The molecule has 0 aliphatic carbocycles. The number of rotatable bonds is 3. The predicted octanol–water partition coefficient (Wildman–Crippen LogP) is 2.83. The molecule has 1 aromatic heterocycles. The third-order valence-corrected chi connectivity index (χ3v) is 3.06. The Morgan fingerprint density at radius 2 is 1.79 bits per heavy atom. The fraction of sp³-hybridized carbons (Fsp3) is 0.0667. The van der Waals surface area contributed by atoms with Crippen LogP contribution in [0.5, 0.6) is 0 Å². The molecular weight excluding hydrogens is 236 g/mol. The van der Waals surface area contributed by atoms with Gasteiger partial charge in [0.1, 0.15) is 0 Å². The summed E-state index contributed by atoms with van der Waals surface area (Å²) in [6.45, 7) is 0.487. The van der Waals surface area contributed by atoms with Gasteiger partial charge in [0, 0.05) is 23.0 Å². The number of nitrogens with one attached hydrogen (secondary N) is 1. The van der Waals surface area contributed by atoms with Gasteiger partial charge >= 0.3 is 0 Å². The first-order valence-electron chi connectivity index (χ1n) is 6.14. The summed E-state index contributed by atoms with van der Waals surface area (Å²) in [7, 11) is 0. The Morgan fingerprint density at radius 3 is 2.68 bits per heavy atom. The van der Waals surface area contributed by atoms with E-state index in [1.54, 1.807) is 6.20 Å². The van der Waals surface area contributed by atoms with Crippen molar-refractivity contribution in [3.63, 3.8) is 0 Å². The van der Waals surface area contributed by atoms with Crippen molar-refractivity contribution in [3.05, 3.63) is 60.3 Å². The molecule has 1 heterocycles. The molecule has 0 spiro atoms. The Bertz CT molecular complexity index is 704. The smallest absolute Gasteiger partial charge is 0.160 e. The van der Waals surface area contributed by atoms with Crippen LogP contribution in [-0.4, -0.2) is 10.2 Å². The SMILES string of the molecule is NCc1ccccc1Nc1nncc2ccccc12. The van der Waals surface area contributed by atoms with Crippen LogP contribution in [0, 0.1) is 0 Å². The van der Waals surface area contributed by atoms with Crippen molar-refractivity contribution in [2.45, 2.75) is 6.54 Å². The lowest BCUT2D eigenvalue weighted by Gasteiger charge is -2.11. The molecule has 3 rings (SSSR count). The van der Waals surface area contributed by atoms with Crippen molar-refractivity contribution in [2.75, 3.05) is 5.32 Å². The van der Waals surface area contributed by atoms with Gasteiger partial charge in [0.15, 0.2) is 5.82 Å². The number of para-hydroxylation sites is 1. The fourth-order valence-electron chi connectivity index (χ4n) is 2.07. The van der Waals surface area contributed by atoms with Gasteiger partial charge < -0.3 is 11.1 Å². The van der Waals surface area contributed by atoms with E-state index in [1.165, 1.54) is 0 Å². The van der Waals surface area contributed by atoms with Gasteiger partial charge in [-0.1, -0.05) is 42.5 Å². The zero-order valence-electron chi connectivity index (χ0n) is 10.4. The van der Waals surface area contributed by atoms with E-state index in [1.807, 2.05) is 48.5 Å². The largest absolute Gasteiger partial charge is 0.338 e. The van der Waals surface area contributed by atoms with Crippen LogP contribution < -0.4 is 11.1 Å². The number of hydrogen-bond donors (Lipinski definition) is 2.